The fourth-order valence-electron chi connectivity index (χ4n) is 3.50. The average molecular weight is 367 g/mol. The highest BCUT2D eigenvalue weighted by molar-refractivity contribution is 6.06. The molecule has 0 fully saturated rings. The fourth-order valence-corrected chi connectivity index (χ4v) is 3.50. The summed E-state index contributed by atoms with van der Waals surface area (Å²) < 4.78 is 0. The smallest absolute Gasteiger partial charge is 0.259 e. The number of nitrogens with zero attached hydrogens (tertiary/aromatic N) is 2. The van der Waals surface area contributed by atoms with Crippen LogP contribution in [0.2, 0.25) is 0 Å². The van der Waals surface area contributed by atoms with Crippen LogP contribution in [-0.2, 0) is 11.2 Å². The molecule has 0 saturated heterocycles. The van der Waals surface area contributed by atoms with Crippen molar-refractivity contribution in [1.82, 2.24) is 0 Å². The monoisotopic (exact) mass is 367 g/mol. The van der Waals surface area contributed by atoms with E-state index < -0.39 is 0 Å². The van der Waals surface area contributed by atoms with E-state index in [1.807, 2.05) is 32.0 Å². The number of amides is 2. The van der Waals surface area contributed by atoms with Crippen LogP contribution in [0.15, 0.2) is 36.4 Å². The Hall–Kier alpha value is -3.02. The zero-order chi connectivity index (χ0) is 19.6. The minimum Gasteiger partial charge on any atom is -0.507 e. The summed E-state index contributed by atoms with van der Waals surface area (Å²) in [5, 5.41) is 13.1. The van der Waals surface area contributed by atoms with Crippen LogP contribution in [-0.4, -0.2) is 36.6 Å². The van der Waals surface area contributed by atoms with E-state index in [2.05, 4.69) is 10.2 Å². The summed E-state index contributed by atoms with van der Waals surface area (Å²) in [5.41, 5.74) is 3.69. The second kappa shape index (κ2) is 7.70. The van der Waals surface area contributed by atoms with Gasteiger partial charge in [0.1, 0.15) is 5.75 Å². The van der Waals surface area contributed by atoms with Crippen LogP contribution >= 0.6 is 0 Å². The molecule has 0 saturated carbocycles. The number of aromatic hydroxyl groups is 1. The number of phenols is 1. The molecule has 27 heavy (non-hydrogen) atoms. The van der Waals surface area contributed by atoms with Crippen LogP contribution in [0.3, 0.4) is 0 Å². The van der Waals surface area contributed by atoms with Gasteiger partial charge in [-0.1, -0.05) is 0 Å². The maximum Gasteiger partial charge on any atom is 0.259 e. The van der Waals surface area contributed by atoms with Gasteiger partial charge in [0.2, 0.25) is 5.91 Å². The molecule has 0 aliphatic carbocycles. The first-order chi connectivity index (χ1) is 12.9. The molecule has 1 aliphatic rings. The molecular formula is C21H25N3O3. The van der Waals surface area contributed by atoms with Crippen molar-refractivity contribution in [2.75, 3.05) is 34.8 Å². The van der Waals surface area contributed by atoms with Crippen LogP contribution in [0.1, 0.15) is 36.7 Å². The van der Waals surface area contributed by atoms with Crippen molar-refractivity contribution in [2.24, 2.45) is 0 Å². The van der Waals surface area contributed by atoms with Gasteiger partial charge in [-0.15, -0.1) is 0 Å². The minimum atomic E-state index is -0.361. The molecule has 0 radical (unpaired) electrons. The number of phenolic OH excluding ortho intramolecular Hbond substituents is 1. The minimum absolute atomic E-state index is 0.0174. The van der Waals surface area contributed by atoms with E-state index in [0.717, 1.165) is 36.4 Å². The summed E-state index contributed by atoms with van der Waals surface area (Å²) in [5.74, 6) is -0.385. The fraction of sp³-hybridized carbons (Fsp3) is 0.333. The Labute approximate surface area is 159 Å². The highest BCUT2D eigenvalue weighted by Gasteiger charge is 2.22. The third-order valence-corrected chi connectivity index (χ3v) is 4.97. The predicted octanol–water partition coefficient (Wildman–Crippen LogP) is 3.40. The highest BCUT2D eigenvalue weighted by Crippen LogP contribution is 2.31. The van der Waals surface area contributed by atoms with Crippen LogP contribution in [0.25, 0.3) is 0 Å². The normalized spacial score (nSPS) is 12.6. The van der Waals surface area contributed by atoms with E-state index in [1.165, 1.54) is 0 Å². The summed E-state index contributed by atoms with van der Waals surface area (Å²) in [4.78, 5) is 28.1. The molecule has 1 heterocycles. The standard InChI is InChI=1S/C21H25N3O3/c1-4-23(5-2)17-7-8-18(20(26)13-17)21(27)22-16-6-9-19-15(12-16)10-11-24(19)14(3)25/h6-9,12-13,26H,4-5,10-11H2,1-3H3,(H,22,27). The van der Waals surface area contributed by atoms with Crippen molar-refractivity contribution >= 4 is 28.9 Å². The number of carbonyl (C=O) groups excluding carboxylic acids is 2. The van der Waals surface area contributed by atoms with E-state index in [9.17, 15) is 14.7 Å². The predicted molar refractivity (Wildman–Crippen MR) is 108 cm³/mol. The number of anilines is 3. The Kier molecular flexibility index (Phi) is 5.35. The largest absolute Gasteiger partial charge is 0.507 e. The number of fused-ring (bicyclic) bond motifs is 1. The Bertz CT molecular complexity index is 875. The van der Waals surface area contributed by atoms with Gasteiger partial charge in [0.25, 0.3) is 5.91 Å². The van der Waals surface area contributed by atoms with Gasteiger partial charge in [0.05, 0.1) is 5.56 Å². The summed E-state index contributed by atoms with van der Waals surface area (Å²) in [6.07, 6.45) is 0.766. The number of hydrogen-bond acceptors (Lipinski definition) is 4. The molecule has 2 aromatic carbocycles. The molecule has 0 aromatic heterocycles. The molecule has 0 atom stereocenters. The summed E-state index contributed by atoms with van der Waals surface area (Å²) in [7, 11) is 0. The van der Waals surface area contributed by atoms with Crippen molar-refractivity contribution < 1.29 is 14.7 Å². The third-order valence-electron chi connectivity index (χ3n) is 4.97. The lowest BCUT2D eigenvalue weighted by atomic mass is 10.1. The first-order valence-corrected chi connectivity index (χ1v) is 9.25. The first kappa shape index (κ1) is 18.8. The van der Waals surface area contributed by atoms with E-state index in [0.29, 0.717) is 12.2 Å². The molecule has 0 unspecified atom stereocenters. The zero-order valence-corrected chi connectivity index (χ0v) is 16.0. The molecule has 2 aromatic rings. The second-order valence-electron chi connectivity index (χ2n) is 6.59. The Morgan fingerprint density at radius 1 is 1.15 bits per heavy atom. The number of hydrogen-bond donors (Lipinski definition) is 2. The van der Waals surface area contributed by atoms with E-state index in [-0.39, 0.29) is 23.1 Å². The Morgan fingerprint density at radius 2 is 1.89 bits per heavy atom. The lowest BCUT2D eigenvalue weighted by Gasteiger charge is -2.21. The van der Waals surface area contributed by atoms with Gasteiger partial charge in [0, 0.05) is 49.7 Å². The van der Waals surface area contributed by atoms with Gasteiger partial charge in [0.15, 0.2) is 0 Å². The molecule has 3 rings (SSSR count). The van der Waals surface area contributed by atoms with Crippen molar-refractivity contribution in [3.8, 4) is 5.75 Å². The maximum atomic E-state index is 12.6. The number of benzene rings is 2. The lowest BCUT2D eigenvalue weighted by molar-refractivity contribution is -0.116. The average Bonchev–Trinajstić information content (AvgIpc) is 3.06. The molecule has 0 spiro atoms. The van der Waals surface area contributed by atoms with Gasteiger partial charge < -0.3 is 20.2 Å². The van der Waals surface area contributed by atoms with Gasteiger partial charge in [-0.3, -0.25) is 9.59 Å². The van der Waals surface area contributed by atoms with E-state index in [4.69, 9.17) is 0 Å². The number of carbonyl (C=O) groups is 2. The van der Waals surface area contributed by atoms with Gasteiger partial charge in [-0.25, -0.2) is 0 Å². The van der Waals surface area contributed by atoms with Gasteiger partial charge in [-0.2, -0.15) is 0 Å². The topological polar surface area (TPSA) is 72.9 Å². The quantitative estimate of drug-likeness (QED) is 0.850. The highest BCUT2D eigenvalue weighted by atomic mass is 16.3. The third kappa shape index (κ3) is 3.74. The van der Waals surface area contributed by atoms with Gasteiger partial charge >= 0.3 is 0 Å². The van der Waals surface area contributed by atoms with Crippen molar-refractivity contribution in [1.29, 1.82) is 0 Å². The summed E-state index contributed by atoms with van der Waals surface area (Å²) in [6, 6.07) is 10.6. The van der Waals surface area contributed by atoms with Crippen LogP contribution in [0, 0.1) is 0 Å². The first-order valence-electron chi connectivity index (χ1n) is 9.25. The Balaban J connectivity index is 1.77. The van der Waals surface area contributed by atoms with E-state index >= 15 is 0 Å². The summed E-state index contributed by atoms with van der Waals surface area (Å²) in [6.45, 7) is 7.96. The number of rotatable bonds is 5. The van der Waals surface area contributed by atoms with Crippen molar-refractivity contribution in [3.63, 3.8) is 0 Å². The van der Waals surface area contributed by atoms with Gasteiger partial charge in [-0.05, 0) is 56.2 Å². The Morgan fingerprint density at radius 3 is 2.52 bits per heavy atom. The maximum absolute atomic E-state index is 12.6. The molecule has 6 nitrogen and oxygen atoms in total. The molecule has 2 amide bonds. The molecule has 6 heteroatoms. The van der Waals surface area contributed by atoms with Crippen molar-refractivity contribution in [2.45, 2.75) is 27.2 Å². The molecule has 2 N–H and O–H groups in total. The van der Waals surface area contributed by atoms with Crippen molar-refractivity contribution in [3.05, 3.63) is 47.5 Å². The van der Waals surface area contributed by atoms with Crippen LogP contribution in [0.4, 0.5) is 17.1 Å². The lowest BCUT2D eigenvalue weighted by Crippen LogP contribution is -2.25. The van der Waals surface area contributed by atoms with E-state index in [1.54, 1.807) is 30.0 Å². The molecule has 142 valence electrons. The van der Waals surface area contributed by atoms with Crippen LogP contribution < -0.4 is 15.1 Å². The van der Waals surface area contributed by atoms with Crippen LogP contribution in [0.5, 0.6) is 5.75 Å². The molecule has 1 aliphatic heterocycles. The zero-order valence-electron chi connectivity index (χ0n) is 16.0. The SMILES string of the molecule is CCN(CC)c1ccc(C(=O)Nc2ccc3c(c2)CCN3C(C)=O)c(O)c1. The summed E-state index contributed by atoms with van der Waals surface area (Å²) >= 11 is 0. The molecule has 0 bridgehead atoms. The second-order valence-corrected chi connectivity index (χ2v) is 6.59. The number of nitrogens with one attached hydrogen (secondary N) is 1. The molecular weight excluding hydrogens is 342 g/mol.